The van der Waals surface area contributed by atoms with Gasteiger partial charge in [-0.25, -0.2) is 0 Å². The highest BCUT2D eigenvalue weighted by atomic mass is 32.2. The zero-order chi connectivity index (χ0) is 8.32. The molecule has 0 spiro atoms. The molecule has 0 saturated carbocycles. The van der Waals surface area contributed by atoms with Gasteiger partial charge in [0.2, 0.25) is 0 Å². The van der Waals surface area contributed by atoms with Crippen LogP contribution in [0.1, 0.15) is 0 Å². The first-order valence-corrected chi connectivity index (χ1v) is 3.61. The standard InChI is InChI=1S/C7H4F3S/c8-7(9,10)11-6-4-2-1-3-5-6/h1-2,4-5H. The van der Waals surface area contributed by atoms with Crippen molar-refractivity contribution in [1.82, 2.24) is 0 Å². The number of rotatable bonds is 1. The Morgan fingerprint density at radius 3 is 2.55 bits per heavy atom. The van der Waals surface area contributed by atoms with Crippen LogP contribution < -0.4 is 0 Å². The van der Waals surface area contributed by atoms with Crippen LogP contribution in [0.15, 0.2) is 29.2 Å². The smallest absolute Gasteiger partial charge is 0.160 e. The van der Waals surface area contributed by atoms with Gasteiger partial charge in [-0.2, -0.15) is 13.2 Å². The van der Waals surface area contributed by atoms with Crippen LogP contribution in [0, 0.1) is 6.07 Å². The van der Waals surface area contributed by atoms with Crippen LogP contribution in [0.25, 0.3) is 0 Å². The van der Waals surface area contributed by atoms with Crippen LogP contribution in [0.2, 0.25) is 0 Å². The van der Waals surface area contributed by atoms with E-state index in [9.17, 15) is 13.2 Å². The second-order valence-corrected chi connectivity index (χ2v) is 2.93. The molecular formula is C7H4F3S. The van der Waals surface area contributed by atoms with E-state index in [0.717, 1.165) is 0 Å². The van der Waals surface area contributed by atoms with Crippen molar-refractivity contribution < 1.29 is 13.2 Å². The highest BCUT2D eigenvalue weighted by Gasteiger charge is 2.28. The van der Waals surface area contributed by atoms with Gasteiger partial charge in [-0.05, 0) is 30.0 Å². The third kappa shape index (κ3) is 3.32. The Balaban J connectivity index is 2.66. The first kappa shape index (κ1) is 8.46. The van der Waals surface area contributed by atoms with Crippen LogP contribution in [-0.2, 0) is 0 Å². The topological polar surface area (TPSA) is 0 Å². The third-order valence-electron chi connectivity index (χ3n) is 0.912. The van der Waals surface area contributed by atoms with Gasteiger partial charge in [-0.1, -0.05) is 12.1 Å². The van der Waals surface area contributed by atoms with Crippen molar-refractivity contribution in [2.24, 2.45) is 0 Å². The minimum absolute atomic E-state index is 0.131. The van der Waals surface area contributed by atoms with Gasteiger partial charge in [0, 0.05) is 4.90 Å². The minimum Gasteiger partial charge on any atom is -0.160 e. The lowest BCUT2D eigenvalue weighted by Gasteiger charge is -2.03. The van der Waals surface area contributed by atoms with Gasteiger partial charge in [0.1, 0.15) is 0 Å². The quantitative estimate of drug-likeness (QED) is 0.594. The van der Waals surface area contributed by atoms with E-state index in [1.165, 1.54) is 18.2 Å². The van der Waals surface area contributed by atoms with E-state index in [1.807, 2.05) is 0 Å². The molecule has 0 aliphatic carbocycles. The van der Waals surface area contributed by atoms with Crippen LogP contribution in [0.3, 0.4) is 0 Å². The summed E-state index contributed by atoms with van der Waals surface area (Å²) in [5, 5.41) is 0. The van der Waals surface area contributed by atoms with E-state index < -0.39 is 5.51 Å². The van der Waals surface area contributed by atoms with Gasteiger partial charge in [0.05, 0.1) is 0 Å². The molecule has 11 heavy (non-hydrogen) atoms. The highest BCUT2D eigenvalue weighted by molar-refractivity contribution is 8.00. The average Bonchev–Trinajstić information content (AvgIpc) is 1.85. The van der Waals surface area contributed by atoms with Gasteiger partial charge in [-0.15, -0.1) is 0 Å². The number of hydrogen-bond acceptors (Lipinski definition) is 1. The summed E-state index contributed by atoms with van der Waals surface area (Å²) >= 11 is -0.131. The van der Waals surface area contributed by atoms with Crippen LogP contribution in [0.5, 0.6) is 0 Å². The van der Waals surface area contributed by atoms with E-state index in [0.29, 0.717) is 0 Å². The molecule has 0 aliphatic heterocycles. The van der Waals surface area contributed by atoms with E-state index in [4.69, 9.17) is 0 Å². The number of alkyl halides is 3. The van der Waals surface area contributed by atoms with Crippen molar-refractivity contribution in [2.45, 2.75) is 10.4 Å². The fourth-order valence-electron chi connectivity index (χ4n) is 0.574. The molecule has 4 heteroatoms. The van der Waals surface area contributed by atoms with Crippen molar-refractivity contribution in [3.63, 3.8) is 0 Å². The predicted molar refractivity (Wildman–Crippen MR) is 37.2 cm³/mol. The lowest BCUT2D eigenvalue weighted by Crippen LogP contribution is -1.98. The second kappa shape index (κ2) is 3.17. The highest BCUT2D eigenvalue weighted by Crippen LogP contribution is 2.36. The molecule has 1 aromatic rings. The number of hydrogen-bond donors (Lipinski definition) is 0. The molecular weight excluding hydrogens is 173 g/mol. The molecule has 0 unspecified atom stereocenters. The molecule has 0 aromatic heterocycles. The maximum absolute atomic E-state index is 11.7. The van der Waals surface area contributed by atoms with Crippen molar-refractivity contribution in [3.05, 3.63) is 30.3 Å². The first-order chi connectivity index (χ1) is 5.08. The first-order valence-electron chi connectivity index (χ1n) is 2.80. The van der Waals surface area contributed by atoms with Crippen molar-refractivity contribution >= 4 is 11.8 Å². The maximum Gasteiger partial charge on any atom is 0.446 e. The van der Waals surface area contributed by atoms with E-state index in [1.54, 1.807) is 6.07 Å². The van der Waals surface area contributed by atoms with Crippen LogP contribution >= 0.6 is 11.8 Å². The Morgan fingerprint density at radius 1 is 1.36 bits per heavy atom. The summed E-state index contributed by atoms with van der Waals surface area (Å²) in [5.41, 5.74) is -4.20. The van der Waals surface area contributed by atoms with Crippen molar-refractivity contribution in [2.75, 3.05) is 0 Å². The number of benzene rings is 1. The van der Waals surface area contributed by atoms with Crippen LogP contribution in [0.4, 0.5) is 13.2 Å². The fraction of sp³-hybridized carbons (Fsp3) is 0.143. The maximum atomic E-state index is 11.7. The molecule has 0 fully saturated rings. The summed E-state index contributed by atoms with van der Waals surface area (Å²) in [6.07, 6.45) is 0. The van der Waals surface area contributed by atoms with E-state index >= 15 is 0 Å². The lowest BCUT2D eigenvalue weighted by atomic mass is 10.4. The third-order valence-corrected chi connectivity index (χ3v) is 1.63. The van der Waals surface area contributed by atoms with Gasteiger partial charge < -0.3 is 0 Å². The van der Waals surface area contributed by atoms with Gasteiger partial charge >= 0.3 is 5.51 Å². The molecule has 1 rings (SSSR count). The normalized spacial score (nSPS) is 11.5. The summed E-state index contributed by atoms with van der Waals surface area (Å²) in [7, 11) is 0. The second-order valence-electron chi connectivity index (χ2n) is 1.79. The molecule has 0 nitrogen and oxygen atoms in total. The Morgan fingerprint density at radius 2 is 2.09 bits per heavy atom. The Hall–Kier alpha value is -0.640. The molecule has 59 valence electrons. The van der Waals surface area contributed by atoms with Crippen molar-refractivity contribution in [1.29, 1.82) is 0 Å². The monoisotopic (exact) mass is 177 g/mol. The predicted octanol–water partition coefficient (Wildman–Crippen LogP) is 3.10. The summed E-state index contributed by atoms with van der Waals surface area (Å²) in [5.74, 6) is 0. The summed E-state index contributed by atoms with van der Waals surface area (Å²) in [6.45, 7) is 0. The fourth-order valence-corrected chi connectivity index (χ4v) is 1.11. The Labute approximate surface area is 66.4 Å². The van der Waals surface area contributed by atoms with Gasteiger partial charge in [0.15, 0.2) is 0 Å². The number of thioether (sulfide) groups is 1. The zero-order valence-electron chi connectivity index (χ0n) is 5.35. The van der Waals surface area contributed by atoms with Gasteiger partial charge in [-0.3, -0.25) is 0 Å². The van der Waals surface area contributed by atoms with E-state index in [-0.39, 0.29) is 16.7 Å². The molecule has 0 N–H and O–H groups in total. The van der Waals surface area contributed by atoms with Crippen LogP contribution in [-0.4, -0.2) is 5.51 Å². The molecule has 1 aromatic carbocycles. The molecule has 0 bridgehead atoms. The zero-order valence-corrected chi connectivity index (χ0v) is 6.17. The van der Waals surface area contributed by atoms with Gasteiger partial charge in [0.25, 0.3) is 0 Å². The minimum atomic E-state index is -4.20. The Bertz CT molecular complexity index is 217. The molecule has 0 heterocycles. The molecule has 1 radical (unpaired) electrons. The summed E-state index contributed by atoms with van der Waals surface area (Å²) in [4.78, 5) is 0.167. The molecule has 0 saturated heterocycles. The molecule has 0 atom stereocenters. The SMILES string of the molecule is FC(F)(F)Sc1c[c]ccc1. The molecule has 0 amide bonds. The average molecular weight is 177 g/mol. The summed E-state index contributed by atoms with van der Waals surface area (Å²) < 4.78 is 35.1. The summed E-state index contributed by atoms with van der Waals surface area (Å²) in [6, 6.07) is 8.34. The lowest BCUT2D eigenvalue weighted by molar-refractivity contribution is -0.0328. The van der Waals surface area contributed by atoms with Crippen molar-refractivity contribution in [3.8, 4) is 0 Å². The largest absolute Gasteiger partial charge is 0.446 e. The molecule has 0 aliphatic rings. The Kier molecular flexibility index (Phi) is 2.44. The number of halogens is 3. The van der Waals surface area contributed by atoms with E-state index in [2.05, 4.69) is 6.07 Å².